The molecule has 44 heavy (non-hydrogen) atoms. The molecule has 0 unspecified atom stereocenters. The van der Waals surface area contributed by atoms with Crippen LogP contribution in [-0.4, -0.2) is 35.4 Å². The summed E-state index contributed by atoms with van der Waals surface area (Å²) in [4.78, 5) is 38.0. The van der Waals surface area contributed by atoms with Crippen LogP contribution in [0.2, 0.25) is 0 Å². The van der Waals surface area contributed by atoms with Crippen molar-refractivity contribution in [3.63, 3.8) is 0 Å². The Morgan fingerprint density at radius 2 is 1.57 bits per heavy atom. The second-order valence-electron chi connectivity index (χ2n) is 15.3. The van der Waals surface area contributed by atoms with Gasteiger partial charge in [-0.15, -0.1) is 0 Å². The molecule has 4 rings (SSSR count). The molecule has 7 atom stereocenters. The van der Waals surface area contributed by atoms with E-state index in [9.17, 15) is 19.5 Å². The molecular formula is C39H62O5. The molecule has 0 amide bonds. The van der Waals surface area contributed by atoms with Crippen LogP contribution < -0.4 is 0 Å². The number of fused-ring (bicyclic) bond motifs is 5. The van der Waals surface area contributed by atoms with E-state index in [-0.39, 0.29) is 46.8 Å². The summed E-state index contributed by atoms with van der Waals surface area (Å²) in [6.07, 6.45) is 28.1. The predicted octanol–water partition coefficient (Wildman–Crippen LogP) is 9.26. The molecule has 0 spiro atoms. The van der Waals surface area contributed by atoms with Crippen LogP contribution in [0.3, 0.4) is 0 Å². The second-order valence-corrected chi connectivity index (χ2v) is 15.3. The Balaban J connectivity index is 1.11. The van der Waals surface area contributed by atoms with Gasteiger partial charge in [-0.1, -0.05) is 89.9 Å². The standard InChI is InChI=1S/C39H62O5/c1-4-5-6-7-8-9-10-11-12-13-14-15-16-17-18-19-36(43)44-28-35(42)33-23-22-32-31-21-20-29-26-30(40)24-25-38(29,2)37(31)34(41)27-39(32,33)3/h11-12,26,31-34,37,41H,4-10,13-25,27-28H2,1-3H3/b12-11-/t31-,32-,33+,34-,37+,38-,39-/m0/s1. The van der Waals surface area contributed by atoms with Gasteiger partial charge < -0.3 is 9.84 Å². The predicted molar refractivity (Wildman–Crippen MR) is 177 cm³/mol. The van der Waals surface area contributed by atoms with E-state index in [2.05, 4.69) is 32.9 Å². The van der Waals surface area contributed by atoms with Crippen LogP contribution in [0.1, 0.15) is 156 Å². The number of ketones is 2. The lowest BCUT2D eigenvalue weighted by Crippen LogP contribution is -2.57. The molecule has 0 aromatic rings. The van der Waals surface area contributed by atoms with Crippen LogP contribution in [0.5, 0.6) is 0 Å². The molecule has 0 aromatic carbocycles. The molecule has 0 heterocycles. The van der Waals surface area contributed by atoms with Gasteiger partial charge in [0.05, 0.1) is 6.10 Å². The van der Waals surface area contributed by atoms with Crippen LogP contribution in [0.25, 0.3) is 0 Å². The highest BCUT2D eigenvalue weighted by Crippen LogP contribution is 2.66. The molecule has 1 N–H and O–H groups in total. The molecule has 4 aliphatic carbocycles. The van der Waals surface area contributed by atoms with Crippen molar-refractivity contribution >= 4 is 17.5 Å². The quantitative estimate of drug-likeness (QED) is 0.0950. The Hall–Kier alpha value is -1.75. The van der Waals surface area contributed by atoms with Crippen LogP contribution in [0.4, 0.5) is 0 Å². The summed E-state index contributed by atoms with van der Waals surface area (Å²) in [7, 11) is 0. The Bertz CT molecular complexity index is 1030. The van der Waals surface area contributed by atoms with Gasteiger partial charge in [-0.2, -0.15) is 0 Å². The number of unbranched alkanes of at least 4 members (excludes halogenated alkanes) is 11. The van der Waals surface area contributed by atoms with E-state index >= 15 is 0 Å². The highest BCUT2D eigenvalue weighted by molar-refractivity contribution is 5.91. The van der Waals surface area contributed by atoms with Crippen molar-refractivity contribution in [1.82, 2.24) is 0 Å². The van der Waals surface area contributed by atoms with Gasteiger partial charge in [0.1, 0.15) is 6.61 Å². The summed E-state index contributed by atoms with van der Waals surface area (Å²) in [5.41, 5.74) is 0.871. The SMILES string of the molecule is CCCCCCCC/C=C\CCCCCCCC(=O)OCC(=O)[C@H]1CC[C@H]2[C@@H]3CCC4=CC(=O)CC[C@]4(C)[C@H]3[C@@H](O)C[C@]12C. The number of Topliss-reactive ketones (excluding diaryl/α,β-unsaturated/α-hetero) is 1. The molecule has 0 saturated heterocycles. The lowest BCUT2D eigenvalue weighted by Gasteiger charge is -2.59. The van der Waals surface area contributed by atoms with Gasteiger partial charge in [0.15, 0.2) is 11.6 Å². The van der Waals surface area contributed by atoms with E-state index < -0.39 is 6.10 Å². The first-order chi connectivity index (χ1) is 21.2. The fourth-order valence-electron chi connectivity index (χ4n) is 9.88. The average Bonchev–Trinajstić information content (AvgIpc) is 3.34. The molecule has 0 aliphatic heterocycles. The fourth-order valence-corrected chi connectivity index (χ4v) is 9.88. The van der Waals surface area contributed by atoms with E-state index in [4.69, 9.17) is 4.74 Å². The Morgan fingerprint density at radius 3 is 2.27 bits per heavy atom. The minimum absolute atomic E-state index is 0.0319. The normalized spacial score (nSPS) is 33.0. The van der Waals surface area contributed by atoms with Crippen molar-refractivity contribution in [1.29, 1.82) is 0 Å². The monoisotopic (exact) mass is 610 g/mol. The number of aliphatic hydroxyl groups is 1. The van der Waals surface area contributed by atoms with E-state index in [0.29, 0.717) is 31.1 Å². The minimum atomic E-state index is -0.472. The number of allylic oxidation sites excluding steroid dienone is 3. The molecule has 3 saturated carbocycles. The van der Waals surface area contributed by atoms with E-state index in [1.807, 2.05) is 6.08 Å². The summed E-state index contributed by atoms with van der Waals surface area (Å²) in [5.74, 6) is 0.771. The van der Waals surface area contributed by atoms with Crippen LogP contribution in [-0.2, 0) is 19.1 Å². The lowest BCUT2D eigenvalue weighted by molar-refractivity contribution is -0.155. The summed E-state index contributed by atoms with van der Waals surface area (Å²) in [6, 6.07) is 0. The zero-order valence-electron chi connectivity index (χ0n) is 28.3. The van der Waals surface area contributed by atoms with E-state index in [1.54, 1.807) is 0 Å². The van der Waals surface area contributed by atoms with Crippen molar-refractivity contribution in [2.24, 2.45) is 34.5 Å². The number of rotatable bonds is 18. The summed E-state index contributed by atoms with van der Waals surface area (Å²) >= 11 is 0. The molecule has 5 nitrogen and oxygen atoms in total. The molecule has 248 valence electrons. The van der Waals surface area contributed by atoms with E-state index in [0.717, 1.165) is 57.8 Å². The number of carbonyl (C=O) groups excluding carboxylic acids is 3. The first-order valence-electron chi connectivity index (χ1n) is 18.5. The first kappa shape index (κ1) is 35.1. The van der Waals surface area contributed by atoms with E-state index in [1.165, 1.54) is 63.4 Å². The Morgan fingerprint density at radius 1 is 0.909 bits per heavy atom. The molecule has 3 fully saturated rings. The van der Waals surface area contributed by atoms with Crippen molar-refractivity contribution in [3.05, 3.63) is 23.8 Å². The molecular weight excluding hydrogens is 548 g/mol. The molecule has 5 heteroatoms. The van der Waals surface area contributed by atoms with Gasteiger partial charge in [-0.25, -0.2) is 0 Å². The lowest BCUT2D eigenvalue weighted by atomic mass is 9.46. The third kappa shape index (κ3) is 8.53. The summed E-state index contributed by atoms with van der Waals surface area (Å²) in [6.45, 7) is 6.60. The number of ether oxygens (including phenoxy) is 1. The van der Waals surface area contributed by atoms with Crippen LogP contribution >= 0.6 is 0 Å². The maximum absolute atomic E-state index is 13.4. The summed E-state index contributed by atoms with van der Waals surface area (Å²) < 4.78 is 5.49. The second kappa shape index (κ2) is 16.7. The Labute approximate surface area is 268 Å². The van der Waals surface area contributed by atoms with Gasteiger partial charge in [0, 0.05) is 18.8 Å². The summed E-state index contributed by atoms with van der Waals surface area (Å²) in [5, 5.41) is 11.6. The highest BCUT2D eigenvalue weighted by Gasteiger charge is 2.62. The van der Waals surface area contributed by atoms with Crippen molar-refractivity contribution in [2.75, 3.05) is 6.61 Å². The fraction of sp³-hybridized carbons (Fsp3) is 0.821. The van der Waals surface area contributed by atoms with Gasteiger partial charge in [0.25, 0.3) is 0 Å². The zero-order valence-corrected chi connectivity index (χ0v) is 28.3. The van der Waals surface area contributed by atoms with Gasteiger partial charge in [0.2, 0.25) is 0 Å². The van der Waals surface area contributed by atoms with Gasteiger partial charge in [-0.05, 0) is 105 Å². The minimum Gasteiger partial charge on any atom is -0.458 e. The van der Waals surface area contributed by atoms with Crippen LogP contribution in [0.15, 0.2) is 23.8 Å². The maximum Gasteiger partial charge on any atom is 0.306 e. The van der Waals surface area contributed by atoms with Crippen LogP contribution in [0, 0.1) is 34.5 Å². The number of esters is 1. The molecule has 0 radical (unpaired) electrons. The molecule has 0 bridgehead atoms. The largest absolute Gasteiger partial charge is 0.458 e. The van der Waals surface area contributed by atoms with Gasteiger partial charge >= 0.3 is 5.97 Å². The molecule has 0 aromatic heterocycles. The van der Waals surface area contributed by atoms with Crippen molar-refractivity contribution < 1.29 is 24.2 Å². The topological polar surface area (TPSA) is 80.7 Å². The highest BCUT2D eigenvalue weighted by atomic mass is 16.5. The number of hydrogen-bond acceptors (Lipinski definition) is 5. The third-order valence-corrected chi connectivity index (χ3v) is 12.3. The smallest absolute Gasteiger partial charge is 0.306 e. The third-order valence-electron chi connectivity index (χ3n) is 12.3. The molecule has 4 aliphatic rings. The first-order valence-corrected chi connectivity index (χ1v) is 18.5. The number of hydrogen-bond donors (Lipinski definition) is 1. The van der Waals surface area contributed by atoms with Crippen molar-refractivity contribution in [3.8, 4) is 0 Å². The van der Waals surface area contributed by atoms with Gasteiger partial charge in [-0.3, -0.25) is 14.4 Å². The number of aliphatic hydroxyl groups excluding tert-OH is 1. The number of carbonyl (C=O) groups is 3. The maximum atomic E-state index is 13.4. The average molecular weight is 611 g/mol. The van der Waals surface area contributed by atoms with Crippen molar-refractivity contribution in [2.45, 2.75) is 162 Å². The Kier molecular flexibility index (Phi) is 13.3. The zero-order chi connectivity index (χ0) is 31.6.